The van der Waals surface area contributed by atoms with Gasteiger partial charge in [0.2, 0.25) is 0 Å². The second-order valence-corrected chi connectivity index (χ2v) is 6.01. The Labute approximate surface area is 158 Å². The van der Waals surface area contributed by atoms with E-state index in [0.717, 1.165) is 11.1 Å². The van der Waals surface area contributed by atoms with Crippen LogP contribution in [0, 0.1) is 5.41 Å². The van der Waals surface area contributed by atoms with Crippen LogP contribution in [0.3, 0.4) is 0 Å². The molecule has 2 aromatic carbocycles. The first-order chi connectivity index (χ1) is 13.0. The molecule has 7 heteroatoms. The minimum absolute atomic E-state index is 0.150. The summed E-state index contributed by atoms with van der Waals surface area (Å²) in [5.74, 6) is -0.519. The molecule has 7 nitrogen and oxygen atoms in total. The minimum atomic E-state index is -0.216. The van der Waals surface area contributed by atoms with Gasteiger partial charge in [0.25, 0.3) is 5.91 Å². The van der Waals surface area contributed by atoms with Crippen LogP contribution in [0.4, 0.5) is 5.69 Å². The number of methoxy groups -OCH3 is 1. The Morgan fingerprint density at radius 3 is 2.15 bits per heavy atom. The summed E-state index contributed by atoms with van der Waals surface area (Å²) in [6.07, 6.45) is 1.73. The molecule has 0 radical (unpaired) electrons. The SMILES string of the molecule is COC(=O)CCc1ccc(CCNC(=O)c2ccc(NC(=N)N)cc2)cc1. The lowest BCUT2D eigenvalue weighted by Gasteiger charge is -2.08. The maximum Gasteiger partial charge on any atom is 0.305 e. The fourth-order valence-corrected chi connectivity index (χ4v) is 2.50. The number of hydrogen-bond acceptors (Lipinski definition) is 4. The number of esters is 1. The van der Waals surface area contributed by atoms with Crippen molar-refractivity contribution in [2.24, 2.45) is 5.73 Å². The molecule has 0 aliphatic rings. The number of ether oxygens (including phenoxy) is 1. The van der Waals surface area contributed by atoms with Crippen LogP contribution in [0.5, 0.6) is 0 Å². The zero-order valence-electron chi connectivity index (χ0n) is 15.2. The molecular weight excluding hydrogens is 344 g/mol. The molecule has 0 saturated heterocycles. The van der Waals surface area contributed by atoms with Gasteiger partial charge in [0.15, 0.2) is 5.96 Å². The fraction of sp³-hybridized carbons (Fsp3) is 0.250. The third-order valence-electron chi connectivity index (χ3n) is 3.99. The number of carbonyl (C=O) groups is 2. The van der Waals surface area contributed by atoms with Crippen LogP contribution in [0.15, 0.2) is 48.5 Å². The largest absolute Gasteiger partial charge is 0.469 e. The third kappa shape index (κ3) is 6.81. The van der Waals surface area contributed by atoms with E-state index < -0.39 is 0 Å². The van der Waals surface area contributed by atoms with E-state index in [0.29, 0.717) is 37.1 Å². The molecule has 0 bridgehead atoms. The van der Waals surface area contributed by atoms with Crippen molar-refractivity contribution in [3.63, 3.8) is 0 Å². The van der Waals surface area contributed by atoms with Gasteiger partial charge in [-0.3, -0.25) is 15.0 Å². The molecule has 27 heavy (non-hydrogen) atoms. The monoisotopic (exact) mass is 368 g/mol. The summed E-state index contributed by atoms with van der Waals surface area (Å²) < 4.78 is 4.63. The highest BCUT2D eigenvalue weighted by Crippen LogP contribution is 2.10. The molecule has 0 spiro atoms. The van der Waals surface area contributed by atoms with Crippen molar-refractivity contribution < 1.29 is 14.3 Å². The summed E-state index contributed by atoms with van der Waals surface area (Å²) in [7, 11) is 1.39. The van der Waals surface area contributed by atoms with E-state index in [1.807, 2.05) is 24.3 Å². The van der Waals surface area contributed by atoms with Gasteiger partial charge in [0, 0.05) is 24.2 Å². The second-order valence-electron chi connectivity index (χ2n) is 6.01. The molecule has 0 aromatic heterocycles. The summed E-state index contributed by atoms with van der Waals surface area (Å²) in [6.45, 7) is 0.522. The molecule has 5 N–H and O–H groups in total. The van der Waals surface area contributed by atoms with Crippen molar-refractivity contribution in [3.8, 4) is 0 Å². The minimum Gasteiger partial charge on any atom is -0.469 e. The van der Waals surface area contributed by atoms with E-state index in [2.05, 4.69) is 15.4 Å². The van der Waals surface area contributed by atoms with Gasteiger partial charge in [0.05, 0.1) is 7.11 Å². The first kappa shape index (κ1) is 20.0. The summed E-state index contributed by atoms with van der Waals surface area (Å²) in [6, 6.07) is 14.7. The molecule has 0 saturated carbocycles. The van der Waals surface area contributed by atoms with E-state index in [-0.39, 0.29) is 17.8 Å². The molecule has 0 fully saturated rings. The number of guanidine groups is 1. The van der Waals surface area contributed by atoms with Gasteiger partial charge >= 0.3 is 5.97 Å². The van der Waals surface area contributed by atoms with Crippen LogP contribution >= 0.6 is 0 Å². The Morgan fingerprint density at radius 1 is 1.00 bits per heavy atom. The number of rotatable bonds is 8. The van der Waals surface area contributed by atoms with E-state index in [1.54, 1.807) is 24.3 Å². The highest BCUT2D eigenvalue weighted by molar-refractivity contribution is 5.95. The normalized spacial score (nSPS) is 10.1. The van der Waals surface area contributed by atoms with Crippen LogP contribution in [-0.4, -0.2) is 31.5 Å². The van der Waals surface area contributed by atoms with Crippen LogP contribution in [0.2, 0.25) is 0 Å². The zero-order valence-corrected chi connectivity index (χ0v) is 15.2. The molecule has 0 aliphatic carbocycles. The number of amides is 1. The van der Waals surface area contributed by atoms with Crippen molar-refractivity contribution in [2.45, 2.75) is 19.3 Å². The van der Waals surface area contributed by atoms with Crippen molar-refractivity contribution >= 4 is 23.5 Å². The Kier molecular flexibility index (Phi) is 7.37. The highest BCUT2D eigenvalue weighted by atomic mass is 16.5. The van der Waals surface area contributed by atoms with Crippen molar-refractivity contribution in [3.05, 3.63) is 65.2 Å². The first-order valence-electron chi connectivity index (χ1n) is 8.62. The van der Waals surface area contributed by atoms with Gasteiger partial charge in [-0.2, -0.15) is 0 Å². The third-order valence-corrected chi connectivity index (χ3v) is 3.99. The van der Waals surface area contributed by atoms with Crippen molar-refractivity contribution in [2.75, 3.05) is 19.0 Å². The number of carbonyl (C=O) groups excluding carboxylic acids is 2. The average Bonchev–Trinajstić information content (AvgIpc) is 2.67. The number of anilines is 1. The maximum atomic E-state index is 12.2. The van der Waals surface area contributed by atoms with Gasteiger partial charge in [-0.1, -0.05) is 24.3 Å². The van der Waals surface area contributed by atoms with Crippen LogP contribution in [0.1, 0.15) is 27.9 Å². The Balaban J connectivity index is 1.77. The predicted molar refractivity (Wildman–Crippen MR) is 105 cm³/mol. The van der Waals surface area contributed by atoms with Crippen LogP contribution in [-0.2, 0) is 22.4 Å². The molecule has 142 valence electrons. The van der Waals surface area contributed by atoms with Gasteiger partial charge < -0.3 is 21.1 Å². The second kappa shape index (κ2) is 9.96. The predicted octanol–water partition coefficient (Wildman–Crippen LogP) is 2.07. The summed E-state index contributed by atoms with van der Waals surface area (Å²) in [5, 5.41) is 12.7. The topological polar surface area (TPSA) is 117 Å². The van der Waals surface area contributed by atoms with Gasteiger partial charge in [0.1, 0.15) is 0 Å². The Bertz CT molecular complexity index is 786. The molecular formula is C20H24N4O3. The van der Waals surface area contributed by atoms with Crippen LogP contribution < -0.4 is 16.4 Å². The number of nitrogens with two attached hydrogens (primary N) is 1. The number of hydrogen-bond donors (Lipinski definition) is 4. The lowest BCUT2D eigenvalue weighted by atomic mass is 10.1. The Hall–Kier alpha value is -3.35. The van der Waals surface area contributed by atoms with E-state index in [1.165, 1.54) is 7.11 Å². The quantitative estimate of drug-likeness (QED) is 0.323. The average molecular weight is 368 g/mol. The number of nitrogens with one attached hydrogen (secondary N) is 3. The molecule has 2 aromatic rings. The fourth-order valence-electron chi connectivity index (χ4n) is 2.50. The van der Waals surface area contributed by atoms with Gasteiger partial charge in [-0.25, -0.2) is 0 Å². The standard InChI is InChI=1S/C20H24N4O3/c1-27-18(25)11-6-14-2-4-15(5-3-14)12-13-23-19(26)16-7-9-17(10-8-16)24-20(21)22/h2-5,7-10H,6,11-13H2,1H3,(H,23,26)(H4,21,22,24). The first-order valence-corrected chi connectivity index (χ1v) is 8.62. The molecule has 2 rings (SSSR count). The molecule has 0 atom stereocenters. The van der Waals surface area contributed by atoms with Gasteiger partial charge in [-0.15, -0.1) is 0 Å². The molecule has 0 aliphatic heterocycles. The van der Waals surface area contributed by atoms with Crippen molar-refractivity contribution in [1.29, 1.82) is 5.41 Å². The summed E-state index contributed by atoms with van der Waals surface area (Å²) >= 11 is 0. The van der Waals surface area contributed by atoms with E-state index in [4.69, 9.17) is 11.1 Å². The molecule has 0 heterocycles. The summed E-state index contributed by atoms with van der Waals surface area (Å²) in [4.78, 5) is 23.3. The molecule has 0 unspecified atom stereocenters. The molecule has 1 amide bonds. The van der Waals surface area contributed by atoms with Crippen LogP contribution in [0.25, 0.3) is 0 Å². The van der Waals surface area contributed by atoms with E-state index in [9.17, 15) is 9.59 Å². The van der Waals surface area contributed by atoms with Crippen molar-refractivity contribution in [1.82, 2.24) is 5.32 Å². The lowest BCUT2D eigenvalue weighted by Crippen LogP contribution is -2.25. The maximum absolute atomic E-state index is 12.2. The lowest BCUT2D eigenvalue weighted by molar-refractivity contribution is -0.140. The van der Waals surface area contributed by atoms with E-state index >= 15 is 0 Å². The Morgan fingerprint density at radius 2 is 1.59 bits per heavy atom. The van der Waals surface area contributed by atoms with Gasteiger partial charge in [-0.05, 0) is 48.2 Å². The smallest absolute Gasteiger partial charge is 0.305 e. The zero-order chi connectivity index (χ0) is 19.6. The number of benzene rings is 2. The highest BCUT2D eigenvalue weighted by Gasteiger charge is 2.06. The summed E-state index contributed by atoms with van der Waals surface area (Å²) in [5.41, 5.74) is 8.65. The number of aryl methyl sites for hydroxylation is 1.